The molecule has 0 bridgehead atoms. The predicted octanol–water partition coefficient (Wildman–Crippen LogP) is 1.69. The van der Waals surface area contributed by atoms with Crippen molar-refractivity contribution in [3.05, 3.63) is 18.1 Å². The molecule has 25 heavy (non-hydrogen) atoms. The molecule has 7 heteroatoms. The first kappa shape index (κ1) is 16.7. The number of anilines is 1. The summed E-state index contributed by atoms with van der Waals surface area (Å²) >= 11 is 0. The van der Waals surface area contributed by atoms with Crippen LogP contribution >= 0.6 is 0 Å². The molecule has 0 radical (unpaired) electrons. The van der Waals surface area contributed by atoms with Crippen molar-refractivity contribution in [2.24, 2.45) is 5.92 Å². The van der Waals surface area contributed by atoms with Crippen LogP contribution in [0, 0.1) is 5.92 Å². The van der Waals surface area contributed by atoms with E-state index < -0.39 is 0 Å². The Morgan fingerprint density at radius 1 is 1.08 bits per heavy atom. The van der Waals surface area contributed by atoms with Gasteiger partial charge in [-0.3, -0.25) is 4.79 Å². The largest absolute Gasteiger partial charge is 0.355 e. The number of amides is 1. The highest BCUT2D eigenvalue weighted by Gasteiger charge is 2.40. The zero-order valence-corrected chi connectivity index (χ0v) is 14.8. The van der Waals surface area contributed by atoms with Crippen molar-refractivity contribution in [2.45, 2.75) is 38.4 Å². The maximum Gasteiger partial charge on any atom is 0.274 e. The third kappa shape index (κ3) is 3.48. The lowest BCUT2D eigenvalue weighted by molar-refractivity contribution is -0.169. The molecule has 7 nitrogen and oxygen atoms in total. The lowest BCUT2D eigenvalue weighted by Gasteiger charge is -2.38. The SMILES string of the molecule is CC1CCN(C(=O)c2cnc(N3CCC4(CC3)OCCO4)cn2)CC1. The molecule has 4 rings (SSSR count). The minimum Gasteiger partial charge on any atom is -0.355 e. The molecule has 0 atom stereocenters. The van der Waals surface area contributed by atoms with E-state index in [-0.39, 0.29) is 11.7 Å². The Bertz CT molecular complexity index is 597. The lowest BCUT2D eigenvalue weighted by Crippen LogP contribution is -2.45. The third-order valence-electron chi connectivity index (χ3n) is 5.59. The van der Waals surface area contributed by atoms with Crippen LogP contribution in [0.2, 0.25) is 0 Å². The molecule has 0 aliphatic carbocycles. The smallest absolute Gasteiger partial charge is 0.274 e. The van der Waals surface area contributed by atoms with Crippen molar-refractivity contribution in [1.29, 1.82) is 0 Å². The number of likely N-dealkylation sites (tertiary alicyclic amines) is 1. The summed E-state index contributed by atoms with van der Waals surface area (Å²) in [6.07, 6.45) is 7.13. The molecule has 0 saturated carbocycles. The number of piperidine rings is 2. The first-order valence-corrected chi connectivity index (χ1v) is 9.29. The van der Waals surface area contributed by atoms with E-state index in [2.05, 4.69) is 21.8 Å². The molecule has 3 aliphatic rings. The average Bonchev–Trinajstić information content (AvgIpc) is 3.11. The molecule has 3 fully saturated rings. The Morgan fingerprint density at radius 2 is 1.76 bits per heavy atom. The van der Waals surface area contributed by atoms with E-state index in [0.29, 0.717) is 24.8 Å². The molecular weight excluding hydrogens is 320 g/mol. The van der Waals surface area contributed by atoms with Gasteiger partial charge in [-0.25, -0.2) is 9.97 Å². The van der Waals surface area contributed by atoms with Crippen molar-refractivity contribution in [3.8, 4) is 0 Å². The summed E-state index contributed by atoms with van der Waals surface area (Å²) in [5, 5.41) is 0. The first-order valence-electron chi connectivity index (χ1n) is 9.29. The number of hydrogen-bond acceptors (Lipinski definition) is 6. The van der Waals surface area contributed by atoms with Crippen LogP contribution < -0.4 is 4.90 Å². The molecule has 1 aromatic rings. The summed E-state index contributed by atoms with van der Waals surface area (Å²) in [6, 6.07) is 0. The Balaban J connectivity index is 1.36. The highest BCUT2D eigenvalue weighted by molar-refractivity contribution is 5.92. The first-order chi connectivity index (χ1) is 12.2. The normalized spacial score (nSPS) is 24.0. The summed E-state index contributed by atoms with van der Waals surface area (Å²) in [7, 11) is 0. The lowest BCUT2D eigenvalue weighted by atomic mass is 9.99. The van der Waals surface area contributed by atoms with E-state index in [0.717, 1.165) is 57.7 Å². The molecule has 0 N–H and O–H groups in total. The highest BCUT2D eigenvalue weighted by atomic mass is 16.7. The van der Waals surface area contributed by atoms with Gasteiger partial charge in [0.25, 0.3) is 5.91 Å². The van der Waals surface area contributed by atoms with Gasteiger partial charge in [0.15, 0.2) is 5.79 Å². The van der Waals surface area contributed by atoms with Crippen LogP contribution in [0.3, 0.4) is 0 Å². The van der Waals surface area contributed by atoms with Gasteiger partial charge >= 0.3 is 0 Å². The number of aromatic nitrogens is 2. The Labute approximate surface area is 148 Å². The fourth-order valence-corrected chi connectivity index (χ4v) is 3.83. The average molecular weight is 346 g/mol. The molecule has 4 heterocycles. The van der Waals surface area contributed by atoms with E-state index in [1.807, 2.05) is 4.90 Å². The van der Waals surface area contributed by atoms with Crippen molar-refractivity contribution in [3.63, 3.8) is 0 Å². The van der Waals surface area contributed by atoms with E-state index >= 15 is 0 Å². The second-order valence-corrected chi connectivity index (χ2v) is 7.33. The molecule has 1 aromatic heterocycles. The van der Waals surface area contributed by atoms with Gasteiger partial charge in [-0.05, 0) is 18.8 Å². The van der Waals surface area contributed by atoms with Crippen molar-refractivity contribution in [2.75, 3.05) is 44.3 Å². The van der Waals surface area contributed by atoms with Crippen LogP contribution in [-0.4, -0.2) is 66.0 Å². The van der Waals surface area contributed by atoms with Crippen LogP contribution in [0.4, 0.5) is 5.82 Å². The van der Waals surface area contributed by atoms with Gasteiger partial charge in [-0.2, -0.15) is 0 Å². The summed E-state index contributed by atoms with van der Waals surface area (Å²) in [5.41, 5.74) is 0.439. The fraction of sp³-hybridized carbons (Fsp3) is 0.722. The molecule has 0 aromatic carbocycles. The monoisotopic (exact) mass is 346 g/mol. The van der Waals surface area contributed by atoms with Gasteiger partial charge in [0.05, 0.1) is 25.6 Å². The Morgan fingerprint density at radius 3 is 2.36 bits per heavy atom. The highest BCUT2D eigenvalue weighted by Crippen LogP contribution is 2.32. The summed E-state index contributed by atoms with van der Waals surface area (Å²) in [6.45, 7) is 6.89. The zero-order chi connectivity index (χ0) is 17.3. The van der Waals surface area contributed by atoms with E-state index in [9.17, 15) is 4.79 Å². The quantitative estimate of drug-likeness (QED) is 0.812. The topological polar surface area (TPSA) is 67.8 Å². The second kappa shape index (κ2) is 6.88. The van der Waals surface area contributed by atoms with Gasteiger partial charge in [0.2, 0.25) is 0 Å². The Hall–Kier alpha value is -1.73. The van der Waals surface area contributed by atoms with Crippen LogP contribution in [-0.2, 0) is 9.47 Å². The van der Waals surface area contributed by atoms with Crippen LogP contribution in [0.1, 0.15) is 43.1 Å². The molecule has 136 valence electrons. The third-order valence-corrected chi connectivity index (χ3v) is 5.59. The van der Waals surface area contributed by atoms with Crippen LogP contribution in [0.25, 0.3) is 0 Å². The number of carbonyl (C=O) groups excluding carboxylic acids is 1. The maximum absolute atomic E-state index is 12.5. The van der Waals surface area contributed by atoms with Gasteiger partial charge in [0.1, 0.15) is 11.5 Å². The van der Waals surface area contributed by atoms with Crippen molar-refractivity contribution >= 4 is 11.7 Å². The van der Waals surface area contributed by atoms with E-state index in [1.54, 1.807) is 12.4 Å². The Kier molecular flexibility index (Phi) is 4.60. The molecule has 3 aliphatic heterocycles. The summed E-state index contributed by atoms with van der Waals surface area (Å²) in [5.74, 6) is 1.13. The molecule has 1 spiro atoms. The minimum absolute atomic E-state index is 0.00342. The predicted molar refractivity (Wildman–Crippen MR) is 92.4 cm³/mol. The minimum atomic E-state index is -0.384. The van der Waals surface area contributed by atoms with Crippen molar-refractivity contribution < 1.29 is 14.3 Å². The van der Waals surface area contributed by atoms with E-state index in [4.69, 9.17) is 9.47 Å². The zero-order valence-electron chi connectivity index (χ0n) is 14.8. The molecule has 1 amide bonds. The number of nitrogens with zero attached hydrogens (tertiary/aromatic N) is 4. The number of ether oxygens (including phenoxy) is 2. The fourth-order valence-electron chi connectivity index (χ4n) is 3.83. The van der Waals surface area contributed by atoms with Gasteiger partial charge < -0.3 is 19.3 Å². The number of carbonyl (C=O) groups is 1. The van der Waals surface area contributed by atoms with Crippen molar-refractivity contribution in [1.82, 2.24) is 14.9 Å². The molecule has 3 saturated heterocycles. The van der Waals surface area contributed by atoms with Gasteiger partial charge in [-0.1, -0.05) is 6.92 Å². The number of rotatable bonds is 2. The van der Waals surface area contributed by atoms with Crippen LogP contribution in [0.5, 0.6) is 0 Å². The second-order valence-electron chi connectivity index (χ2n) is 7.33. The van der Waals surface area contributed by atoms with Crippen LogP contribution in [0.15, 0.2) is 12.4 Å². The van der Waals surface area contributed by atoms with Gasteiger partial charge in [-0.15, -0.1) is 0 Å². The maximum atomic E-state index is 12.5. The summed E-state index contributed by atoms with van der Waals surface area (Å²) < 4.78 is 11.5. The van der Waals surface area contributed by atoms with E-state index in [1.165, 1.54) is 0 Å². The molecule has 0 unspecified atom stereocenters. The molecular formula is C18H26N4O3. The summed E-state index contributed by atoms with van der Waals surface area (Å²) in [4.78, 5) is 25.5. The van der Waals surface area contributed by atoms with Gasteiger partial charge in [0, 0.05) is 39.0 Å². The standard InChI is InChI=1S/C18H26N4O3/c1-14-2-6-22(7-3-14)17(23)15-12-20-16(13-19-15)21-8-4-18(5-9-21)24-10-11-25-18/h12-14H,2-11H2,1H3. The number of hydrogen-bond donors (Lipinski definition) is 0.